The van der Waals surface area contributed by atoms with Crippen LogP contribution in [0.15, 0.2) is 43.1 Å². The van der Waals surface area contributed by atoms with Gasteiger partial charge < -0.3 is 10.4 Å². The summed E-state index contributed by atoms with van der Waals surface area (Å²) in [7, 11) is 0. The summed E-state index contributed by atoms with van der Waals surface area (Å²) in [5.41, 5.74) is 0.752. The third-order valence-corrected chi connectivity index (χ3v) is 6.15. The predicted molar refractivity (Wildman–Crippen MR) is 87.9 cm³/mol. The molecule has 2 N–H and O–H groups in total. The quantitative estimate of drug-likeness (QED) is 0.641. The average Bonchev–Trinajstić information content (AvgIpc) is 2.66. The lowest BCUT2D eigenvalue weighted by Crippen LogP contribution is -2.19. The summed E-state index contributed by atoms with van der Waals surface area (Å²) in [5.74, 6) is -0.916. The molecular formula is C12H8Br3NO2S. The first-order valence-corrected chi connectivity index (χ1v) is 8.36. The second kappa shape index (κ2) is 6.39. The van der Waals surface area contributed by atoms with Crippen LogP contribution in [0.3, 0.4) is 0 Å². The maximum absolute atomic E-state index is 11.4. The van der Waals surface area contributed by atoms with Crippen molar-refractivity contribution in [3.05, 3.63) is 47.9 Å². The zero-order valence-electron chi connectivity index (χ0n) is 9.36. The van der Waals surface area contributed by atoms with Crippen molar-refractivity contribution in [3.8, 4) is 0 Å². The number of carboxylic acid groups (broad SMARTS) is 1. The third kappa shape index (κ3) is 3.81. The van der Waals surface area contributed by atoms with Gasteiger partial charge in [-0.15, -0.1) is 11.3 Å². The molecule has 1 atom stereocenters. The molecule has 7 heteroatoms. The normalized spacial score (nSPS) is 12.2. The number of hydrogen-bond acceptors (Lipinski definition) is 3. The maximum atomic E-state index is 11.4. The van der Waals surface area contributed by atoms with Gasteiger partial charge in [0.25, 0.3) is 0 Å². The van der Waals surface area contributed by atoms with Crippen molar-refractivity contribution >= 4 is 70.8 Å². The predicted octanol–water partition coefficient (Wildman–Crippen LogP) is 5.27. The number of nitrogens with one attached hydrogen (secondary N) is 1. The van der Waals surface area contributed by atoms with E-state index in [1.54, 1.807) is 6.07 Å². The Bertz CT molecular complexity index is 595. The molecule has 100 valence electrons. The van der Waals surface area contributed by atoms with Crippen LogP contribution < -0.4 is 5.32 Å². The number of anilines is 1. The van der Waals surface area contributed by atoms with Gasteiger partial charge in [-0.3, -0.25) is 0 Å². The van der Waals surface area contributed by atoms with Crippen molar-refractivity contribution in [1.29, 1.82) is 0 Å². The summed E-state index contributed by atoms with van der Waals surface area (Å²) >= 11 is 11.5. The van der Waals surface area contributed by atoms with Crippen LogP contribution in [0.2, 0.25) is 0 Å². The van der Waals surface area contributed by atoms with Gasteiger partial charge in [0.1, 0.15) is 0 Å². The first kappa shape index (κ1) is 15.0. The van der Waals surface area contributed by atoms with Crippen LogP contribution >= 0.6 is 59.1 Å². The van der Waals surface area contributed by atoms with Crippen molar-refractivity contribution in [2.24, 2.45) is 0 Å². The van der Waals surface area contributed by atoms with E-state index in [1.165, 1.54) is 11.3 Å². The van der Waals surface area contributed by atoms with E-state index in [0.29, 0.717) is 0 Å². The van der Waals surface area contributed by atoms with Gasteiger partial charge in [-0.05, 0) is 56.1 Å². The molecular weight excluding hydrogens is 462 g/mol. The smallest absolute Gasteiger partial charge is 0.331 e. The molecule has 0 bridgehead atoms. The molecule has 3 nitrogen and oxygen atoms in total. The SMILES string of the molecule is O=C(O)C(Nc1cccc(Br)c1)c1cc(Br)c(Br)s1. The molecule has 0 aliphatic rings. The van der Waals surface area contributed by atoms with Crippen LogP contribution in [-0.2, 0) is 4.79 Å². The van der Waals surface area contributed by atoms with Crippen molar-refractivity contribution in [2.45, 2.75) is 6.04 Å². The fourth-order valence-electron chi connectivity index (χ4n) is 1.51. The summed E-state index contributed by atoms with van der Waals surface area (Å²) < 4.78 is 2.63. The highest BCUT2D eigenvalue weighted by atomic mass is 79.9. The van der Waals surface area contributed by atoms with E-state index < -0.39 is 12.0 Å². The lowest BCUT2D eigenvalue weighted by molar-refractivity contribution is -0.138. The van der Waals surface area contributed by atoms with Crippen molar-refractivity contribution < 1.29 is 9.90 Å². The number of carbonyl (C=O) groups is 1. The summed E-state index contributed by atoms with van der Waals surface area (Å²) in [4.78, 5) is 12.1. The standard InChI is InChI=1S/C12H8Br3NO2S/c13-6-2-1-3-7(4-6)16-10(12(17)18)9-5-8(14)11(15)19-9/h1-5,10,16H,(H,17,18). The molecule has 0 amide bonds. The highest BCUT2D eigenvalue weighted by molar-refractivity contribution is 9.13. The first-order chi connectivity index (χ1) is 8.97. The number of carboxylic acids is 1. The lowest BCUT2D eigenvalue weighted by Gasteiger charge is -2.14. The van der Waals surface area contributed by atoms with E-state index in [2.05, 4.69) is 53.1 Å². The van der Waals surface area contributed by atoms with Crippen LogP contribution in [0, 0.1) is 0 Å². The van der Waals surface area contributed by atoms with Gasteiger partial charge in [-0.25, -0.2) is 4.79 Å². The van der Waals surface area contributed by atoms with Crippen LogP contribution in [-0.4, -0.2) is 11.1 Å². The Balaban J connectivity index is 2.29. The topological polar surface area (TPSA) is 49.3 Å². The highest BCUT2D eigenvalue weighted by Gasteiger charge is 2.22. The van der Waals surface area contributed by atoms with E-state index in [-0.39, 0.29) is 0 Å². The fourth-order valence-corrected chi connectivity index (χ4v) is 4.04. The fraction of sp³-hybridized carbons (Fsp3) is 0.0833. The zero-order chi connectivity index (χ0) is 14.0. The lowest BCUT2D eigenvalue weighted by atomic mass is 10.2. The largest absolute Gasteiger partial charge is 0.479 e. The van der Waals surface area contributed by atoms with Crippen LogP contribution in [0.1, 0.15) is 10.9 Å². The van der Waals surface area contributed by atoms with Crippen molar-refractivity contribution in [1.82, 2.24) is 0 Å². The molecule has 1 aromatic carbocycles. The molecule has 19 heavy (non-hydrogen) atoms. The van der Waals surface area contributed by atoms with Gasteiger partial charge in [0, 0.05) is 19.5 Å². The Morgan fingerprint density at radius 3 is 2.53 bits per heavy atom. The van der Waals surface area contributed by atoms with E-state index in [9.17, 15) is 9.90 Å². The molecule has 1 unspecified atom stereocenters. The van der Waals surface area contributed by atoms with E-state index in [4.69, 9.17) is 0 Å². The Kier molecular flexibility index (Phi) is 5.05. The van der Waals surface area contributed by atoms with Gasteiger partial charge in [0.2, 0.25) is 0 Å². The summed E-state index contributed by atoms with van der Waals surface area (Å²) in [5, 5.41) is 12.4. The summed E-state index contributed by atoms with van der Waals surface area (Å²) in [6.45, 7) is 0. The monoisotopic (exact) mass is 467 g/mol. The van der Waals surface area contributed by atoms with Crippen LogP contribution in [0.4, 0.5) is 5.69 Å². The number of thiophene rings is 1. The summed E-state index contributed by atoms with van der Waals surface area (Å²) in [6, 6.07) is 8.44. The van der Waals surface area contributed by atoms with E-state index in [0.717, 1.165) is 23.3 Å². The molecule has 0 saturated heterocycles. The van der Waals surface area contributed by atoms with Gasteiger partial charge in [0.05, 0.1) is 3.79 Å². The Hall–Kier alpha value is -0.370. The molecule has 1 heterocycles. The second-order valence-corrected chi connectivity index (χ2v) is 7.87. The maximum Gasteiger partial charge on any atom is 0.331 e. The number of aliphatic carboxylic acids is 1. The second-order valence-electron chi connectivity index (χ2n) is 3.70. The first-order valence-electron chi connectivity index (χ1n) is 5.17. The minimum absolute atomic E-state index is 0.728. The van der Waals surface area contributed by atoms with Crippen molar-refractivity contribution in [2.75, 3.05) is 5.32 Å². The van der Waals surface area contributed by atoms with Crippen LogP contribution in [0.25, 0.3) is 0 Å². The molecule has 0 fully saturated rings. The molecule has 1 aromatic heterocycles. The molecule has 0 radical (unpaired) electrons. The number of benzene rings is 1. The third-order valence-electron chi connectivity index (χ3n) is 2.33. The highest BCUT2D eigenvalue weighted by Crippen LogP contribution is 2.36. The molecule has 0 spiro atoms. The summed E-state index contributed by atoms with van der Waals surface area (Å²) in [6.07, 6.45) is 0. The van der Waals surface area contributed by atoms with Gasteiger partial charge in [0.15, 0.2) is 6.04 Å². The van der Waals surface area contributed by atoms with E-state index in [1.807, 2.05) is 24.3 Å². The van der Waals surface area contributed by atoms with Crippen LogP contribution in [0.5, 0.6) is 0 Å². The zero-order valence-corrected chi connectivity index (χ0v) is 14.9. The van der Waals surface area contributed by atoms with Crippen molar-refractivity contribution in [3.63, 3.8) is 0 Å². The average molecular weight is 470 g/mol. The Morgan fingerprint density at radius 2 is 2.00 bits per heavy atom. The van der Waals surface area contributed by atoms with Gasteiger partial charge in [-0.1, -0.05) is 22.0 Å². The molecule has 2 aromatic rings. The minimum Gasteiger partial charge on any atom is -0.479 e. The van der Waals surface area contributed by atoms with Gasteiger partial charge in [-0.2, -0.15) is 0 Å². The number of rotatable bonds is 4. The van der Waals surface area contributed by atoms with Gasteiger partial charge >= 0.3 is 5.97 Å². The Labute approximate surface area is 139 Å². The minimum atomic E-state index is -0.916. The molecule has 0 saturated carbocycles. The number of hydrogen-bond donors (Lipinski definition) is 2. The molecule has 0 aliphatic carbocycles. The molecule has 2 rings (SSSR count). The van der Waals surface area contributed by atoms with E-state index >= 15 is 0 Å². The Morgan fingerprint density at radius 1 is 1.26 bits per heavy atom. The molecule has 0 aliphatic heterocycles. The number of halogens is 3.